The zero-order valence-electron chi connectivity index (χ0n) is 26.4. The Morgan fingerprint density at radius 1 is 1.00 bits per heavy atom. The molecule has 2 aromatic carbocycles. The van der Waals surface area contributed by atoms with Gasteiger partial charge in [0.2, 0.25) is 16.6 Å². The lowest BCUT2D eigenvalue weighted by Gasteiger charge is -2.29. The van der Waals surface area contributed by atoms with Crippen LogP contribution < -0.4 is 26.4 Å². The minimum atomic E-state index is -4.70. The predicted molar refractivity (Wildman–Crippen MR) is 169 cm³/mol. The van der Waals surface area contributed by atoms with E-state index in [9.17, 15) is 41.0 Å². The first-order chi connectivity index (χ1) is 22.5. The fraction of sp³-hybridized carbons (Fsp3) is 0.484. The Balaban J connectivity index is 1.38. The van der Waals surface area contributed by atoms with Crippen molar-refractivity contribution in [3.8, 4) is 0 Å². The molecule has 17 heteroatoms. The molecule has 0 unspecified atom stereocenters. The second-order valence-electron chi connectivity index (χ2n) is 12.1. The number of benzene rings is 2. The van der Waals surface area contributed by atoms with E-state index < -0.39 is 35.7 Å². The molecule has 1 saturated heterocycles. The van der Waals surface area contributed by atoms with Crippen LogP contribution in [0.15, 0.2) is 42.5 Å². The van der Waals surface area contributed by atoms with E-state index in [0.29, 0.717) is 60.9 Å². The fourth-order valence-electron chi connectivity index (χ4n) is 5.16. The smallest absolute Gasteiger partial charge is 0.452 e. The Bertz CT molecular complexity index is 1560. The van der Waals surface area contributed by atoms with Crippen LogP contribution in [0.25, 0.3) is 0 Å². The number of hydrogen-bond donors (Lipinski definition) is 5. The molecule has 0 radical (unpaired) electrons. The van der Waals surface area contributed by atoms with Gasteiger partial charge in [-0.3, -0.25) is 9.59 Å². The van der Waals surface area contributed by atoms with Gasteiger partial charge in [0, 0.05) is 36.7 Å². The van der Waals surface area contributed by atoms with Crippen molar-refractivity contribution in [1.29, 1.82) is 0 Å². The monoisotopic (exact) mass is 701 g/mol. The maximum atomic E-state index is 13.3. The van der Waals surface area contributed by atoms with Gasteiger partial charge in [0.05, 0.1) is 17.8 Å². The van der Waals surface area contributed by atoms with E-state index in [1.165, 1.54) is 24.3 Å². The molecular formula is C31H37F6N7O3S. The van der Waals surface area contributed by atoms with Crippen LogP contribution in [0.5, 0.6) is 0 Å². The van der Waals surface area contributed by atoms with E-state index in [2.05, 4.69) is 35.7 Å². The zero-order valence-corrected chi connectivity index (χ0v) is 27.2. The number of anilines is 3. The molecule has 4 rings (SSSR count). The zero-order chi connectivity index (χ0) is 35.3. The van der Waals surface area contributed by atoms with Crippen LogP contribution in [0.2, 0.25) is 0 Å². The van der Waals surface area contributed by atoms with Gasteiger partial charge in [-0.2, -0.15) is 35.7 Å². The average molecular weight is 702 g/mol. The maximum Gasteiger partial charge on any atom is 0.452 e. The second kappa shape index (κ2) is 15.1. The highest BCUT2D eigenvalue weighted by atomic mass is 32.1. The summed E-state index contributed by atoms with van der Waals surface area (Å²) in [4.78, 5) is 29.6. The molecule has 1 amide bonds. The molecule has 1 atom stereocenters. The molecule has 0 saturated carbocycles. The third-order valence-electron chi connectivity index (χ3n) is 7.69. The molecule has 1 aliphatic rings. The highest BCUT2D eigenvalue weighted by Gasteiger charge is 2.65. The Labute approximate surface area is 277 Å². The van der Waals surface area contributed by atoms with Crippen LogP contribution >= 0.6 is 11.5 Å². The van der Waals surface area contributed by atoms with Crippen molar-refractivity contribution in [3.63, 3.8) is 0 Å². The summed E-state index contributed by atoms with van der Waals surface area (Å²) in [5.41, 5.74) is 4.02. The predicted octanol–water partition coefficient (Wildman–Crippen LogP) is 6.76. The SMILES string of the molecule is CC(C)CN(CCCCCNC(=O)c1ccc(C2(C(F)(F)F)NN2)cc1)c1ccc([C@H](C)CC(=O)O)cc1Nc1nc(C(F)(F)F)ns1. The number of carboxylic acid groups (broad SMARTS) is 1. The first kappa shape index (κ1) is 36.9. The number of halogens is 6. The molecule has 3 aromatic rings. The average Bonchev–Trinajstić information content (AvgIpc) is 3.69. The number of carboxylic acids is 1. The van der Waals surface area contributed by atoms with Crippen molar-refractivity contribution in [2.24, 2.45) is 5.92 Å². The normalized spacial score (nSPS) is 14.9. The lowest BCUT2D eigenvalue weighted by atomic mass is 9.96. The lowest BCUT2D eigenvalue weighted by molar-refractivity contribution is -0.165. The van der Waals surface area contributed by atoms with Crippen LogP contribution in [-0.4, -0.2) is 52.2 Å². The lowest BCUT2D eigenvalue weighted by Crippen LogP contribution is -2.34. The van der Waals surface area contributed by atoms with Gasteiger partial charge < -0.3 is 20.6 Å². The fourth-order valence-corrected chi connectivity index (χ4v) is 5.76. The molecule has 1 aliphatic heterocycles. The Morgan fingerprint density at radius 3 is 2.25 bits per heavy atom. The van der Waals surface area contributed by atoms with E-state index in [1.54, 1.807) is 13.0 Å². The van der Waals surface area contributed by atoms with E-state index in [-0.39, 0.29) is 34.5 Å². The summed E-state index contributed by atoms with van der Waals surface area (Å²) in [6.07, 6.45) is -7.29. The van der Waals surface area contributed by atoms with E-state index in [1.807, 2.05) is 26.0 Å². The third-order valence-corrected chi connectivity index (χ3v) is 8.32. The highest BCUT2D eigenvalue weighted by molar-refractivity contribution is 7.09. The first-order valence-corrected chi connectivity index (χ1v) is 16.1. The third kappa shape index (κ3) is 9.35. The van der Waals surface area contributed by atoms with E-state index in [0.717, 1.165) is 6.42 Å². The van der Waals surface area contributed by atoms with Gasteiger partial charge in [0.15, 0.2) is 0 Å². The minimum absolute atomic E-state index is 0.0466. The number of aromatic nitrogens is 2. The van der Waals surface area contributed by atoms with Crippen LogP contribution in [0.3, 0.4) is 0 Å². The van der Waals surface area contributed by atoms with Gasteiger partial charge in [0.1, 0.15) is 0 Å². The Kier molecular flexibility index (Phi) is 11.6. The van der Waals surface area contributed by atoms with Gasteiger partial charge in [-0.25, -0.2) is 10.9 Å². The van der Waals surface area contributed by atoms with Gasteiger partial charge in [-0.05, 0) is 66.5 Å². The second-order valence-corrected chi connectivity index (χ2v) is 12.8. The van der Waals surface area contributed by atoms with Gasteiger partial charge in [-0.1, -0.05) is 39.0 Å². The molecule has 48 heavy (non-hydrogen) atoms. The maximum absolute atomic E-state index is 13.3. The molecule has 1 fully saturated rings. The van der Waals surface area contributed by atoms with Gasteiger partial charge in [-0.15, -0.1) is 0 Å². The number of nitrogens with zero attached hydrogens (tertiary/aromatic N) is 3. The van der Waals surface area contributed by atoms with Crippen molar-refractivity contribution in [1.82, 2.24) is 25.5 Å². The number of hydrazine groups is 1. The molecule has 0 spiro atoms. The number of carbonyl (C=O) groups is 2. The number of aliphatic carboxylic acids is 1. The number of hydrogen-bond acceptors (Lipinski definition) is 9. The topological polar surface area (TPSA) is 151 Å². The molecule has 262 valence electrons. The van der Waals surface area contributed by atoms with Crippen molar-refractivity contribution in [2.45, 2.75) is 70.4 Å². The van der Waals surface area contributed by atoms with Crippen molar-refractivity contribution in [3.05, 3.63) is 65.0 Å². The number of carbonyl (C=O) groups excluding carboxylic acids is 1. The van der Waals surface area contributed by atoms with E-state index >= 15 is 0 Å². The molecule has 0 aliphatic carbocycles. The van der Waals surface area contributed by atoms with Crippen LogP contribution in [0.1, 0.15) is 79.7 Å². The van der Waals surface area contributed by atoms with Crippen LogP contribution in [0.4, 0.5) is 42.8 Å². The summed E-state index contributed by atoms with van der Waals surface area (Å²) in [6, 6.07) is 10.5. The minimum Gasteiger partial charge on any atom is -0.481 e. The summed E-state index contributed by atoms with van der Waals surface area (Å²) in [6.45, 7) is 7.38. The highest BCUT2D eigenvalue weighted by Crippen LogP contribution is 2.42. The number of amides is 1. The standard InChI is InChI=1S/C31H37F6N7O3S/c1-18(2)17-44(14-6-4-5-13-38-26(47)20-7-10-22(11-8-20)29(42-43-29)31(35,36)37)24-12-9-21(19(3)15-25(45)46)16-23(24)39-28-40-27(41-48-28)30(32,33)34/h7-12,16,18-19,42-43H,4-6,13-15,17H2,1-3H3,(H,38,47)(H,45,46)(H,39,40,41)/t19-/m1/s1. The largest absolute Gasteiger partial charge is 0.481 e. The summed E-state index contributed by atoms with van der Waals surface area (Å²) >= 11 is 0.573. The Hall–Kier alpha value is -3.96. The van der Waals surface area contributed by atoms with E-state index in [4.69, 9.17) is 0 Å². The first-order valence-electron chi connectivity index (χ1n) is 15.3. The van der Waals surface area contributed by atoms with Crippen molar-refractivity contribution < 1.29 is 41.0 Å². The molecule has 1 aromatic heterocycles. The molecule has 0 bridgehead atoms. The van der Waals surface area contributed by atoms with Crippen LogP contribution in [0, 0.1) is 5.92 Å². The molecular weight excluding hydrogens is 664 g/mol. The summed E-state index contributed by atoms with van der Waals surface area (Å²) in [7, 11) is 0. The van der Waals surface area contributed by atoms with Crippen LogP contribution in [-0.2, 0) is 16.6 Å². The number of nitrogens with one attached hydrogen (secondary N) is 4. The Morgan fingerprint density at radius 2 is 1.69 bits per heavy atom. The summed E-state index contributed by atoms with van der Waals surface area (Å²) < 4.78 is 82.7. The van der Waals surface area contributed by atoms with Crippen molar-refractivity contribution >= 4 is 39.9 Å². The van der Waals surface area contributed by atoms with Gasteiger partial charge >= 0.3 is 18.3 Å². The van der Waals surface area contributed by atoms with Crippen molar-refractivity contribution in [2.75, 3.05) is 29.9 Å². The number of alkyl halides is 6. The molecule has 2 heterocycles. The molecule has 10 nitrogen and oxygen atoms in total. The number of unbranched alkanes of at least 4 members (excludes halogenated alkanes) is 2. The summed E-state index contributed by atoms with van der Waals surface area (Å²) in [5, 5.41) is 15.0. The summed E-state index contributed by atoms with van der Waals surface area (Å²) in [5.74, 6) is -2.76. The quantitative estimate of drug-likeness (QED) is 0.0620. The van der Waals surface area contributed by atoms with Gasteiger partial charge in [0.25, 0.3) is 5.91 Å². The number of rotatable bonds is 16. The molecule has 5 N–H and O–H groups in total.